The molecule has 2 aliphatic heterocycles. The number of carbonyl (C=O) groups excluding carboxylic acids is 1. The van der Waals surface area contributed by atoms with Crippen molar-refractivity contribution in [2.45, 2.75) is 44.8 Å². The van der Waals surface area contributed by atoms with Gasteiger partial charge in [0.15, 0.2) is 0 Å². The molecule has 0 radical (unpaired) electrons. The predicted molar refractivity (Wildman–Crippen MR) is 93.1 cm³/mol. The monoisotopic (exact) mass is 353 g/mol. The third-order valence-electron chi connectivity index (χ3n) is 4.70. The first-order chi connectivity index (χ1) is 11.4. The maximum Gasteiger partial charge on any atom is 0.410 e. The van der Waals surface area contributed by atoms with Crippen LogP contribution >= 0.6 is 11.3 Å². The smallest absolute Gasteiger partial charge is 0.410 e. The van der Waals surface area contributed by atoms with Crippen molar-refractivity contribution in [3.63, 3.8) is 0 Å². The lowest BCUT2D eigenvalue weighted by Gasteiger charge is -2.45. The van der Waals surface area contributed by atoms with E-state index >= 15 is 0 Å². The number of thiazole rings is 1. The van der Waals surface area contributed by atoms with Crippen LogP contribution in [0, 0.1) is 5.92 Å². The first kappa shape index (κ1) is 17.6. The number of rotatable bonds is 2. The minimum Gasteiger partial charge on any atom is -0.444 e. The van der Waals surface area contributed by atoms with E-state index in [1.807, 2.05) is 31.2 Å². The number of ether oxygens (including phenoxy) is 2. The molecule has 1 atom stereocenters. The fraction of sp³-hybridized carbons (Fsp3) is 0.765. The van der Waals surface area contributed by atoms with Crippen LogP contribution in [0.5, 0.6) is 0 Å². The Kier molecular flexibility index (Phi) is 5.13. The third-order valence-corrected chi connectivity index (χ3v) is 5.28. The number of amides is 1. The van der Waals surface area contributed by atoms with Crippen molar-refractivity contribution in [1.82, 2.24) is 15.2 Å². The summed E-state index contributed by atoms with van der Waals surface area (Å²) in [7, 11) is 0. The normalized spacial score (nSPS) is 26.4. The summed E-state index contributed by atoms with van der Waals surface area (Å²) >= 11 is 1.60. The fourth-order valence-electron chi connectivity index (χ4n) is 3.54. The van der Waals surface area contributed by atoms with Gasteiger partial charge in [0.2, 0.25) is 0 Å². The van der Waals surface area contributed by atoms with Crippen LogP contribution in [0.1, 0.15) is 39.3 Å². The van der Waals surface area contributed by atoms with Crippen molar-refractivity contribution in [3.05, 3.63) is 16.6 Å². The summed E-state index contributed by atoms with van der Waals surface area (Å²) in [5.74, 6) is 0.353. The summed E-state index contributed by atoms with van der Waals surface area (Å²) in [6, 6.07) is 0. The SMILES string of the molecule is CC(C)(C)OC(=O)N1CCC(C2(c3cscn3)CNCCO2)CC1. The summed E-state index contributed by atoms with van der Waals surface area (Å²) in [6.45, 7) is 9.47. The van der Waals surface area contributed by atoms with Crippen LogP contribution in [0.4, 0.5) is 4.79 Å². The Morgan fingerprint density at radius 3 is 2.75 bits per heavy atom. The highest BCUT2D eigenvalue weighted by molar-refractivity contribution is 7.07. The summed E-state index contributed by atoms with van der Waals surface area (Å²) in [5, 5.41) is 5.55. The van der Waals surface area contributed by atoms with Gasteiger partial charge in [-0.2, -0.15) is 0 Å². The molecule has 2 aliphatic rings. The Bertz CT molecular complexity index is 542. The molecule has 0 spiro atoms. The molecular weight excluding hydrogens is 326 g/mol. The number of carbonyl (C=O) groups is 1. The maximum atomic E-state index is 12.3. The van der Waals surface area contributed by atoms with E-state index in [4.69, 9.17) is 9.47 Å². The molecule has 7 heteroatoms. The minimum atomic E-state index is -0.452. The van der Waals surface area contributed by atoms with Gasteiger partial charge in [0.25, 0.3) is 0 Å². The first-order valence-electron chi connectivity index (χ1n) is 8.62. The van der Waals surface area contributed by atoms with Crippen molar-refractivity contribution in [2.75, 3.05) is 32.8 Å². The zero-order valence-corrected chi connectivity index (χ0v) is 15.5. The van der Waals surface area contributed by atoms with Gasteiger partial charge in [0.1, 0.15) is 11.2 Å². The topological polar surface area (TPSA) is 63.7 Å². The van der Waals surface area contributed by atoms with Crippen LogP contribution in [0.25, 0.3) is 0 Å². The van der Waals surface area contributed by atoms with Crippen LogP contribution in [-0.2, 0) is 15.1 Å². The Balaban J connectivity index is 1.67. The lowest BCUT2D eigenvalue weighted by atomic mass is 9.77. The van der Waals surface area contributed by atoms with Gasteiger partial charge in [-0.15, -0.1) is 11.3 Å². The number of likely N-dealkylation sites (tertiary alicyclic amines) is 1. The van der Waals surface area contributed by atoms with Crippen molar-refractivity contribution in [1.29, 1.82) is 0 Å². The lowest BCUT2D eigenvalue weighted by Crippen LogP contribution is -2.55. The number of nitrogens with one attached hydrogen (secondary N) is 1. The first-order valence-corrected chi connectivity index (χ1v) is 9.56. The number of aromatic nitrogens is 1. The molecule has 1 amide bonds. The number of hydrogen-bond acceptors (Lipinski definition) is 6. The quantitative estimate of drug-likeness (QED) is 0.885. The van der Waals surface area contributed by atoms with Gasteiger partial charge in [-0.1, -0.05) is 0 Å². The van der Waals surface area contributed by atoms with Crippen molar-refractivity contribution < 1.29 is 14.3 Å². The number of nitrogens with zero attached hydrogens (tertiary/aromatic N) is 2. The number of hydrogen-bond donors (Lipinski definition) is 1. The lowest BCUT2D eigenvalue weighted by molar-refractivity contribution is -0.126. The second-order valence-electron chi connectivity index (χ2n) is 7.53. The van der Waals surface area contributed by atoms with Gasteiger partial charge in [0.05, 0.1) is 17.8 Å². The van der Waals surface area contributed by atoms with E-state index in [0.717, 1.165) is 31.6 Å². The Morgan fingerprint density at radius 2 is 2.21 bits per heavy atom. The van der Waals surface area contributed by atoms with Gasteiger partial charge < -0.3 is 19.7 Å². The molecule has 1 unspecified atom stereocenters. The Labute approximate surface area is 147 Å². The van der Waals surface area contributed by atoms with Crippen LogP contribution in [0.3, 0.4) is 0 Å². The molecule has 24 heavy (non-hydrogen) atoms. The molecule has 0 saturated carbocycles. The molecule has 1 aromatic rings. The van der Waals surface area contributed by atoms with Crippen molar-refractivity contribution in [2.24, 2.45) is 5.92 Å². The maximum absolute atomic E-state index is 12.3. The van der Waals surface area contributed by atoms with E-state index in [9.17, 15) is 4.79 Å². The average Bonchev–Trinajstić information content (AvgIpc) is 3.09. The second kappa shape index (κ2) is 6.98. The van der Waals surface area contributed by atoms with E-state index < -0.39 is 5.60 Å². The van der Waals surface area contributed by atoms with Crippen LogP contribution in [0.15, 0.2) is 10.9 Å². The summed E-state index contributed by atoms with van der Waals surface area (Å²) in [6.07, 6.45) is 1.59. The summed E-state index contributed by atoms with van der Waals surface area (Å²) < 4.78 is 11.8. The molecular formula is C17H27N3O3S. The van der Waals surface area contributed by atoms with E-state index in [1.54, 1.807) is 11.3 Å². The van der Waals surface area contributed by atoms with Gasteiger partial charge in [-0.25, -0.2) is 9.78 Å². The zero-order chi connectivity index (χ0) is 17.2. The van der Waals surface area contributed by atoms with E-state index in [-0.39, 0.29) is 11.7 Å². The van der Waals surface area contributed by atoms with E-state index in [1.165, 1.54) is 0 Å². The molecule has 0 bridgehead atoms. The second-order valence-corrected chi connectivity index (χ2v) is 8.25. The molecule has 1 N–H and O–H groups in total. The Hall–Kier alpha value is -1.18. The molecule has 2 saturated heterocycles. The molecule has 0 aromatic carbocycles. The molecule has 3 rings (SSSR count). The van der Waals surface area contributed by atoms with Gasteiger partial charge in [0, 0.05) is 31.6 Å². The van der Waals surface area contributed by atoms with Crippen LogP contribution in [0.2, 0.25) is 0 Å². The van der Waals surface area contributed by atoms with E-state index in [2.05, 4.69) is 15.7 Å². The van der Waals surface area contributed by atoms with Crippen LogP contribution < -0.4 is 5.32 Å². The summed E-state index contributed by atoms with van der Waals surface area (Å²) in [4.78, 5) is 18.6. The highest BCUT2D eigenvalue weighted by atomic mass is 32.1. The van der Waals surface area contributed by atoms with Gasteiger partial charge in [-0.05, 0) is 39.5 Å². The molecule has 1 aromatic heterocycles. The van der Waals surface area contributed by atoms with Crippen molar-refractivity contribution in [3.8, 4) is 0 Å². The molecule has 6 nitrogen and oxygen atoms in total. The van der Waals surface area contributed by atoms with E-state index in [0.29, 0.717) is 25.6 Å². The zero-order valence-electron chi connectivity index (χ0n) is 14.7. The highest BCUT2D eigenvalue weighted by Crippen LogP contribution is 2.40. The molecule has 3 heterocycles. The molecule has 0 aliphatic carbocycles. The van der Waals surface area contributed by atoms with Crippen LogP contribution in [-0.4, -0.2) is 54.4 Å². The van der Waals surface area contributed by atoms with Crippen molar-refractivity contribution >= 4 is 17.4 Å². The van der Waals surface area contributed by atoms with Gasteiger partial charge in [-0.3, -0.25) is 0 Å². The predicted octanol–water partition coefficient (Wildman–Crippen LogP) is 2.61. The Morgan fingerprint density at radius 1 is 1.46 bits per heavy atom. The minimum absolute atomic E-state index is 0.216. The highest BCUT2D eigenvalue weighted by Gasteiger charge is 2.46. The van der Waals surface area contributed by atoms with Gasteiger partial charge >= 0.3 is 6.09 Å². The fourth-order valence-corrected chi connectivity index (χ4v) is 4.17. The summed E-state index contributed by atoms with van der Waals surface area (Å²) in [5.41, 5.74) is 2.07. The number of piperidine rings is 1. The standard InChI is InChI=1S/C17H27N3O3S/c1-16(2,3)23-15(21)20-7-4-13(5-8-20)17(11-18-6-9-22-17)14-10-24-12-19-14/h10,12-13,18H,4-9,11H2,1-3H3. The molecule has 134 valence electrons. The largest absolute Gasteiger partial charge is 0.444 e. The third kappa shape index (κ3) is 3.73. The molecule has 2 fully saturated rings. The number of morpholine rings is 1. The average molecular weight is 353 g/mol.